The van der Waals surface area contributed by atoms with E-state index in [1.165, 1.54) is 5.56 Å². The number of imidazole rings is 1. The molecule has 1 N–H and O–H groups in total. The molecule has 0 aliphatic carbocycles. The maximum Gasteiger partial charge on any atom is 0.207 e. The Morgan fingerprint density at radius 2 is 2.33 bits per heavy atom. The van der Waals surface area contributed by atoms with Gasteiger partial charge < -0.3 is 9.88 Å². The lowest BCUT2D eigenvalue weighted by atomic mass is 10.1. The Labute approximate surface area is 116 Å². The highest BCUT2D eigenvalue weighted by molar-refractivity contribution is 9.10. The van der Waals surface area contributed by atoms with Gasteiger partial charge in [0.05, 0.1) is 0 Å². The number of aryl methyl sites for hydroxylation is 1. The number of hydrogen-bond acceptors (Lipinski definition) is 2. The van der Waals surface area contributed by atoms with Gasteiger partial charge in [0.15, 0.2) is 0 Å². The Hall–Kier alpha value is -1.55. The van der Waals surface area contributed by atoms with Crippen LogP contribution in [-0.2, 0) is 13.0 Å². The van der Waals surface area contributed by atoms with E-state index in [2.05, 4.69) is 51.9 Å². The SMILES string of the molecule is C=CCn1ccnc1Nc1ccc(Br)cc1CC. The number of anilines is 2. The summed E-state index contributed by atoms with van der Waals surface area (Å²) in [6, 6.07) is 6.22. The predicted molar refractivity (Wildman–Crippen MR) is 79.2 cm³/mol. The van der Waals surface area contributed by atoms with Crippen LogP contribution in [0.3, 0.4) is 0 Å². The van der Waals surface area contributed by atoms with Crippen LogP contribution in [0.2, 0.25) is 0 Å². The molecule has 2 aromatic rings. The van der Waals surface area contributed by atoms with E-state index in [1.54, 1.807) is 6.20 Å². The van der Waals surface area contributed by atoms with Gasteiger partial charge in [-0.1, -0.05) is 28.9 Å². The number of benzene rings is 1. The smallest absolute Gasteiger partial charge is 0.207 e. The average Bonchev–Trinajstić information content (AvgIpc) is 2.79. The van der Waals surface area contributed by atoms with Crippen molar-refractivity contribution in [3.63, 3.8) is 0 Å². The van der Waals surface area contributed by atoms with Gasteiger partial charge in [0.2, 0.25) is 5.95 Å². The van der Waals surface area contributed by atoms with Crippen LogP contribution >= 0.6 is 15.9 Å². The molecule has 94 valence electrons. The Bertz CT molecular complexity index is 546. The summed E-state index contributed by atoms with van der Waals surface area (Å²) in [6.45, 7) is 6.64. The van der Waals surface area contributed by atoms with Crippen LogP contribution < -0.4 is 5.32 Å². The number of nitrogens with zero attached hydrogens (tertiary/aromatic N) is 2. The second-order valence-corrected chi connectivity index (χ2v) is 4.89. The number of rotatable bonds is 5. The summed E-state index contributed by atoms with van der Waals surface area (Å²) in [6.07, 6.45) is 6.56. The maximum atomic E-state index is 4.32. The molecule has 3 nitrogen and oxygen atoms in total. The van der Waals surface area contributed by atoms with E-state index >= 15 is 0 Å². The summed E-state index contributed by atoms with van der Waals surface area (Å²) >= 11 is 3.49. The lowest BCUT2D eigenvalue weighted by molar-refractivity contribution is 0.832. The van der Waals surface area contributed by atoms with E-state index in [0.29, 0.717) is 0 Å². The normalized spacial score (nSPS) is 10.3. The molecular formula is C14H16BrN3. The van der Waals surface area contributed by atoms with E-state index in [9.17, 15) is 0 Å². The first kappa shape index (κ1) is 12.9. The van der Waals surface area contributed by atoms with Crippen molar-refractivity contribution < 1.29 is 0 Å². The molecule has 0 fully saturated rings. The van der Waals surface area contributed by atoms with E-state index in [4.69, 9.17) is 0 Å². The first-order valence-electron chi connectivity index (χ1n) is 5.92. The van der Waals surface area contributed by atoms with Crippen molar-refractivity contribution in [1.82, 2.24) is 9.55 Å². The Balaban J connectivity index is 2.27. The molecule has 1 heterocycles. The van der Waals surface area contributed by atoms with Crippen molar-refractivity contribution in [2.45, 2.75) is 19.9 Å². The summed E-state index contributed by atoms with van der Waals surface area (Å²) in [5, 5.41) is 3.37. The Morgan fingerprint density at radius 1 is 1.50 bits per heavy atom. The molecule has 0 unspecified atom stereocenters. The van der Waals surface area contributed by atoms with Crippen molar-refractivity contribution in [3.8, 4) is 0 Å². The fourth-order valence-corrected chi connectivity index (χ4v) is 2.23. The molecule has 2 rings (SSSR count). The standard InChI is InChI=1S/C14H16BrN3/c1-3-8-18-9-7-16-14(18)17-13-6-5-12(15)10-11(13)4-2/h3,5-7,9-10H,1,4,8H2,2H3,(H,16,17). The van der Waals surface area contributed by atoms with Crippen molar-refractivity contribution in [2.24, 2.45) is 0 Å². The van der Waals surface area contributed by atoms with Gasteiger partial charge in [-0.3, -0.25) is 0 Å². The van der Waals surface area contributed by atoms with Gasteiger partial charge in [0.1, 0.15) is 0 Å². The highest BCUT2D eigenvalue weighted by Crippen LogP contribution is 2.24. The summed E-state index contributed by atoms with van der Waals surface area (Å²) in [7, 11) is 0. The van der Waals surface area contributed by atoms with Crippen molar-refractivity contribution in [3.05, 3.63) is 53.3 Å². The largest absolute Gasteiger partial charge is 0.325 e. The molecular weight excluding hydrogens is 290 g/mol. The van der Waals surface area contributed by atoms with Crippen LogP contribution in [-0.4, -0.2) is 9.55 Å². The molecule has 0 atom stereocenters. The molecule has 18 heavy (non-hydrogen) atoms. The average molecular weight is 306 g/mol. The third kappa shape index (κ3) is 2.82. The minimum atomic E-state index is 0.750. The van der Waals surface area contributed by atoms with E-state index < -0.39 is 0 Å². The number of nitrogens with one attached hydrogen (secondary N) is 1. The number of hydrogen-bond donors (Lipinski definition) is 1. The molecule has 0 aliphatic heterocycles. The third-order valence-corrected chi connectivity index (χ3v) is 3.23. The minimum absolute atomic E-state index is 0.750. The summed E-state index contributed by atoms with van der Waals surface area (Å²) < 4.78 is 3.12. The molecule has 0 spiro atoms. The highest BCUT2D eigenvalue weighted by Gasteiger charge is 2.05. The second-order valence-electron chi connectivity index (χ2n) is 3.97. The van der Waals surface area contributed by atoms with E-state index in [-0.39, 0.29) is 0 Å². The molecule has 1 aromatic carbocycles. The van der Waals surface area contributed by atoms with Crippen LogP contribution in [0.15, 0.2) is 47.7 Å². The highest BCUT2D eigenvalue weighted by atomic mass is 79.9. The molecule has 0 bridgehead atoms. The third-order valence-electron chi connectivity index (χ3n) is 2.74. The summed E-state index contributed by atoms with van der Waals surface area (Å²) in [4.78, 5) is 4.32. The van der Waals surface area contributed by atoms with E-state index in [1.807, 2.05) is 22.9 Å². The van der Waals surface area contributed by atoms with Gasteiger partial charge in [-0.2, -0.15) is 0 Å². The Kier molecular flexibility index (Phi) is 4.20. The van der Waals surface area contributed by atoms with Crippen LogP contribution in [0.4, 0.5) is 11.6 Å². The van der Waals surface area contributed by atoms with Crippen molar-refractivity contribution in [2.75, 3.05) is 5.32 Å². The van der Waals surface area contributed by atoms with E-state index in [0.717, 1.165) is 29.1 Å². The zero-order valence-corrected chi connectivity index (χ0v) is 11.9. The van der Waals surface area contributed by atoms with Gasteiger partial charge in [-0.25, -0.2) is 4.98 Å². The minimum Gasteiger partial charge on any atom is -0.325 e. The first-order valence-corrected chi connectivity index (χ1v) is 6.71. The quantitative estimate of drug-likeness (QED) is 0.842. The van der Waals surface area contributed by atoms with Crippen molar-refractivity contribution in [1.29, 1.82) is 0 Å². The van der Waals surface area contributed by atoms with Crippen LogP contribution in [0.5, 0.6) is 0 Å². The molecule has 0 amide bonds. The predicted octanol–water partition coefficient (Wildman–Crippen LogP) is 4.14. The number of allylic oxidation sites excluding steroid dienone is 1. The lowest BCUT2D eigenvalue weighted by Gasteiger charge is -2.12. The molecule has 4 heteroatoms. The van der Waals surface area contributed by atoms with Crippen LogP contribution in [0, 0.1) is 0 Å². The number of aromatic nitrogens is 2. The lowest BCUT2D eigenvalue weighted by Crippen LogP contribution is -2.03. The molecule has 0 saturated carbocycles. The Morgan fingerprint density at radius 3 is 3.06 bits per heavy atom. The molecule has 0 aliphatic rings. The maximum absolute atomic E-state index is 4.32. The van der Waals surface area contributed by atoms with Gasteiger partial charge >= 0.3 is 0 Å². The molecule has 0 saturated heterocycles. The topological polar surface area (TPSA) is 29.9 Å². The van der Waals surface area contributed by atoms with Gasteiger partial charge in [-0.05, 0) is 30.2 Å². The zero-order chi connectivity index (χ0) is 13.0. The number of halogens is 1. The first-order chi connectivity index (χ1) is 8.74. The van der Waals surface area contributed by atoms with Crippen molar-refractivity contribution >= 4 is 27.6 Å². The second kappa shape index (κ2) is 5.87. The fourth-order valence-electron chi connectivity index (χ4n) is 1.82. The van der Waals surface area contributed by atoms with Gasteiger partial charge in [-0.15, -0.1) is 6.58 Å². The molecule has 1 aromatic heterocycles. The van der Waals surface area contributed by atoms with Gasteiger partial charge in [0.25, 0.3) is 0 Å². The monoisotopic (exact) mass is 305 g/mol. The summed E-state index contributed by atoms with van der Waals surface area (Å²) in [5.74, 6) is 0.840. The molecule has 0 radical (unpaired) electrons. The fraction of sp³-hybridized carbons (Fsp3) is 0.214. The summed E-state index contributed by atoms with van der Waals surface area (Å²) in [5.41, 5.74) is 2.36. The van der Waals surface area contributed by atoms with Crippen LogP contribution in [0.1, 0.15) is 12.5 Å². The van der Waals surface area contributed by atoms with Crippen LogP contribution in [0.25, 0.3) is 0 Å². The van der Waals surface area contributed by atoms with Gasteiger partial charge in [0, 0.05) is 29.1 Å². The zero-order valence-electron chi connectivity index (χ0n) is 10.4.